The summed E-state index contributed by atoms with van der Waals surface area (Å²) in [7, 11) is -3.77. The molecule has 1 saturated heterocycles. The van der Waals surface area contributed by atoms with Gasteiger partial charge in [0.15, 0.2) is 0 Å². The Morgan fingerprint density at radius 3 is 2.62 bits per heavy atom. The highest BCUT2D eigenvalue weighted by Crippen LogP contribution is 2.26. The molecule has 6 nitrogen and oxygen atoms in total. The van der Waals surface area contributed by atoms with Crippen LogP contribution in [0.1, 0.15) is 40.7 Å². The first-order valence-corrected chi connectivity index (χ1v) is 11.7. The summed E-state index contributed by atoms with van der Waals surface area (Å²) < 4.78 is 28.2. The molecule has 2 N–H and O–H groups in total. The molecular formula is C22H27N3O3S. The van der Waals surface area contributed by atoms with Crippen molar-refractivity contribution >= 4 is 15.9 Å². The minimum Gasteiger partial charge on any atom is -0.350 e. The molecule has 0 unspecified atom stereocenters. The number of carbonyl (C=O) groups excluding carboxylic acids is 1. The minimum absolute atomic E-state index is 0.0773. The van der Waals surface area contributed by atoms with Gasteiger partial charge in [-0.15, -0.1) is 0 Å². The maximum atomic E-state index is 13.4. The fourth-order valence-corrected chi connectivity index (χ4v) is 5.71. The van der Waals surface area contributed by atoms with Crippen molar-refractivity contribution in [2.45, 2.75) is 43.2 Å². The molecule has 1 amide bonds. The third kappa shape index (κ3) is 4.37. The van der Waals surface area contributed by atoms with Crippen LogP contribution in [0.4, 0.5) is 0 Å². The minimum atomic E-state index is -3.77. The van der Waals surface area contributed by atoms with Crippen molar-refractivity contribution < 1.29 is 13.2 Å². The fourth-order valence-electron chi connectivity index (χ4n) is 4.10. The molecule has 0 bridgehead atoms. The number of fused-ring (bicyclic) bond motifs is 1. The van der Waals surface area contributed by atoms with E-state index >= 15 is 0 Å². The maximum absolute atomic E-state index is 13.4. The van der Waals surface area contributed by atoms with Crippen LogP contribution in [0.5, 0.6) is 0 Å². The summed E-state index contributed by atoms with van der Waals surface area (Å²) in [5.41, 5.74) is 2.42. The molecule has 0 saturated carbocycles. The monoisotopic (exact) mass is 413 g/mol. The number of amides is 1. The molecule has 29 heavy (non-hydrogen) atoms. The summed E-state index contributed by atoms with van der Waals surface area (Å²) in [6, 6.07) is 14.7. The summed E-state index contributed by atoms with van der Waals surface area (Å²) in [5.74, 6) is -0.339. The highest BCUT2D eigenvalue weighted by Gasteiger charge is 2.31. The van der Waals surface area contributed by atoms with E-state index in [9.17, 15) is 13.2 Å². The van der Waals surface area contributed by atoms with E-state index in [4.69, 9.17) is 0 Å². The molecule has 1 atom stereocenters. The number of sulfonamides is 1. The number of piperidine rings is 1. The van der Waals surface area contributed by atoms with Gasteiger partial charge < -0.3 is 10.6 Å². The summed E-state index contributed by atoms with van der Waals surface area (Å²) in [5, 5.41) is 6.31. The summed E-state index contributed by atoms with van der Waals surface area (Å²) in [6.45, 7) is 2.22. The van der Waals surface area contributed by atoms with Crippen LogP contribution in [0.15, 0.2) is 53.4 Å². The van der Waals surface area contributed by atoms with E-state index in [1.165, 1.54) is 15.9 Å². The lowest BCUT2D eigenvalue weighted by Gasteiger charge is -2.28. The van der Waals surface area contributed by atoms with Gasteiger partial charge in [0.2, 0.25) is 10.0 Å². The van der Waals surface area contributed by atoms with E-state index in [0.29, 0.717) is 26.1 Å². The van der Waals surface area contributed by atoms with E-state index < -0.39 is 10.0 Å². The molecule has 2 aliphatic heterocycles. The zero-order valence-corrected chi connectivity index (χ0v) is 17.2. The second-order valence-electron chi connectivity index (χ2n) is 7.71. The van der Waals surface area contributed by atoms with Crippen molar-refractivity contribution in [1.29, 1.82) is 0 Å². The molecule has 7 heteroatoms. The van der Waals surface area contributed by atoms with Crippen molar-refractivity contribution in [2.24, 2.45) is 0 Å². The number of hydrogen-bond acceptors (Lipinski definition) is 4. The Hall–Kier alpha value is -2.22. The lowest BCUT2D eigenvalue weighted by molar-refractivity contribution is 0.0944. The van der Waals surface area contributed by atoms with Crippen molar-refractivity contribution in [3.63, 3.8) is 0 Å². The van der Waals surface area contributed by atoms with Gasteiger partial charge in [0.1, 0.15) is 0 Å². The predicted molar refractivity (Wildman–Crippen MR) is 112 cm³/mol. The molecule has 4 rings (SSSR count). The van der Waals surface area contributed by atoms with E-state index in [1.807, 2.05) is 24.3 Å². The zero-order valence-electron chi connectivity index (χ0n) is 16.4. The first-order valence-electron chi connectivity index (χ1n) is 10.2. The van der Waals surface area contributed by atoms with Gasteiger partial charge in [-0.3, -0.25) is 4.79 Å². The lowest BCUT2D eigenvalue weighted by Crippen LogP contribution is -2.44. The van der Waals surface area contributed by atoms with Crippen LogP contribution >= 0.6 is 0 Å². The SMILES string of the molecule is O=C(NC[C@H]1CCCCN1)c1ccccc1S(=O)(=O)N1CCc2ccccc2C1. The van der Waals surface area contributed by atoms with Crippen molar-refractivity contribution in [2.75, 3.05) is 19.6 Å². The molecule has 2 heterocycles. The summed E-state index contributed by atoms with van der Waals surface area (Å²) in [6.07, 6.45) is 4.00. The van der Waals surface area contributed by atoms with E-state index in [2.05, 4.69) is 10.6 Å². The average Bonchev–Trinajstić information content (AvgIpc) is 2.78. The van der Waals surface area contributed by atoms with Gasteiger partial charge in [-0.1, -0.05) is 42.8 Å². The van der Waals surface area contributed by atoms with Gasteiger partial charge in [-0.2, -0.15) is 4.31 Å². The van der Waals surface area contributed by atoms with Gasteiger partial charge in [0.05, 0.1) is 10.5 Å². The van der Waals surface area contributed by atoms with Crippen molar-refractivity contribution in [3.05, 3.63) is 65.2 Å². The number of nitrogens with one attached hydrogen (secondary N) is 2. The van der Waals surface area contributed by atoms with Crippen molar-refractivity contribution in [3.8, 4) is 0 Å². The average molecular weight is 414 g/mol. The molecular weight excluding hydrogens is 386 g/mol. The molecule has 2 aliphatic rings. The lowest BCUT2D eigenvalue weighted by atomic mass is 10.0. The molecule has 1 fully saturated rings. The maximum Gasteiger partial charge on any atom is 0.252 e. The largest absolute Gasteiger partial charge is 0.350 e. The number of carbonyl (C=O) groups is 1. The Morgan fingerprint density at radius 1 is 1.07 bits per heavy atom. The van der Waals surface area contributed by atoms with Crippen LogP contribution < -0.4 is 10.6 Å². The molecule has 0 radical (unpaired) electrons. The van der Waals surface area contributed by atoms with Crippen LogP contribution in [-0.2, 0) is 23.0 Å². The quantitative estimate of drug-likeness (QED) is 0.789. The molecule has 154 valence electrons. The smallest absolute Gasteiger partial charge is 0.252 e. The normalized spacial score (nSPS) is 20.1. The Morgan fingerprint density at radius 2 is 1.83 bits per heavy atom. The zero-order chi connectivity index (χ0) is 20.3. The first kappa shape index (κ1) is 20.1. The third-order valence-electron chi connectivity index (χ3n) is 5.77. The van der Waals surface area contributed by atoms with Crippen LogP contribution in [-0.4, -0.2) is 44.3 Å². The van der Waals surface area contributed by atoms with Crippen LogP contribution in [0.25, 0.3) is 0 Å². The molecule has 0 spiro atoms. The Bertz CT molecular complexity index is 984. The second-order valence-corrected chi connectivity index (χ2v) is 9.62. The molecule has 0 aliphatic carbocycles. The summed E-state index contributed by atoms with van der Waals surface area (Å²) in [4.78, 5) is 12.9. The van der Waals surface area contributed by atoms with Crippen LogP contribution in [0.2, 0.25) is 0 Å². The summed E-state index contributed by atoms with van der Waals surface area (Å²) >= 11 is 0. The second kappa shape index (κ2) is 8.65. The number of rotatable bonds is 5. The van der Waals surface area contributed by atoms with Crippen LogP contribution in [0.3, 0.4) is 0 Å². The number of hydrogen-bond donors (Lipinski definition) is 2. The van der Waals surface area contributed by atoms with Gasteiger partial charge in [-0.05, 0) is 49.1 Å². The van der Waals surface area contributed by atoms with Crippen molar-refractivity contribution in [1.82, 2.24) is 14.9 Å². The van der Waals surface area contributed by atoms with Gasteiger partial charge in [-0.25, -0.2) is 8.42 Å². The number of benzene rings is 2. The molecule has 2 aromatic carbocycles. The molecule has 2 aromatic rings. The van der Waals surface area contributed by atoms with Gasteiger partial charge >= 0.3 is 0 Å². The fraction of sp³-hybridized carbons (Fsp3) is 0.409. The van der Waals surface area contributed by atoms with Crippen LogP contribution in [0, 0.1) is 0 Å². The van der Waals surface area contributed by atoms with E-state index in [1.54, 1.807) is 18.2 Å². The first-order chi connectivity index (χ1) is 14.1. The third-order valence-corrected chi connectivity index (χ3v) is 7.67. The highest BCUT2D eigenvalue weighted by molar-refractivity contribution is 7.89. The molecule has 0 aromatic heterocycles. The standard InChI is InChI=1S/C22H27N3O3S/c26-22(24-15-19-9-5-6-13-23-19)20-10-3-4-11-21(20)29(27,28)25-14-12-17-7-1-2-8-18(17)16-25/h1-4,7-8,10-11,19,23H,5-6,9,12-16H2,(H,24,26)/t19-/m1/s1. The van der Waals surface area contributed by atoms with E-state index in [-0.39, 0.29) is 22.4 Å². The van der Waals surface area contributed by atoms with Gasteiger partial charge in [0.25, 0.3) is 5.91 Å². The predicted octanol–water partition coefficient (Wildman–Crippen LogP) is 2.31. The highest BCUT2D eigenvalue weighted by atomic mass is 32.2. The Balaban J connectivity index is 1.53. The topological polar surface area (TPSA) is 78.5 Å². The van der Waals surface area contributed by atoms with Gasteiger partial charge in [0, 0.05) is 25.7 Å². The number of nitrogens with zero attached hydrogens (tertiary/aromatic N) is 1. The van der Waals surface area contributed by atoms with E-state index in [0.717, 1.165) is 31.4 Å². The Kier molecular flexibility index (Phi) is 5.99. The Labute approximate surface area is 172 Å².